The fourth-order valence-electron chi connectivity index (χ4n) is 4.32. The van der Waals surface area contributed by atoms with E-state index in [0.29, 0.717) is 11.5 Å². The maximum absolute atomic E-state index is 13.1. The molecule has 0 unspecified atom stereocenters. The molecule has 2 aromatic rings. The summed E-state index contributed by atoms with van der Waals surface area (Å²) in [4.78, 5) is 17.0. The molecule has 140 valence electrons. The van der Waals surface area contributed by atoms with Gasteiger partial charge in [0.05, 0.1) is 11.3 Å². The van der Waals surface area contributed by atoms with Crippen LogP contribution < -0.4 is 5.32 Å². The largest absolute Gasteiger partial charge is 0.417 e. The zero-order valence-electron chi connectivity index (χ0n) is 14.5. The molecule has 0 radical (unpaired) electrons. The van der Waals surface area contributed by atoms with Gasteiger partial charge >= 0.3 is 6.18 Å². The van der Waals surface area contributed by atoms with Crippen LogP contribution in [0.2, 0.25) is 0 Å². The highest BCUT2D eigenvalue weighted by Gasteiger charge is 2.33. The van der Waals surface area contributed by atoms with Crippen LogP contribution >= 0.6 is 0 Å². The number of amides is 1. The van der Waals surface area contributed by atoms with E-state index in [2.05, 4.69) is 10.3 Å². The van der Waals surface area contributed by atoms with E-state index in [-0.39, 0.29) is 17.7 Å². The van der Waals surface area contributed by atoms with Crippen LogP contribution in [0.15, 0.2) is 18.3 Å². The minimum atomic E-state index is -4.40. The maximum Gasteiger partial charge on any atom is 0.417 e. The van der Waals surface area contributed by atoms with Crippen LogP contribution in [-0.2, 0) is 11.0 Å². The van der Waals surface area contributed by atoms with E-state index in [1.54, 1.807) is 0 Å². The summed E-state index contributed by atoms with van der Waals surface area (Å²) in [6, 6.07) is 2.43. The summed E-state index contributed by atoms with van der Waals surface area (Å²) in [5.41, 5.74) is 0.465. The first kappa shape index (κ1) is 17.4. The molecule has 2 aliphatic carbocycles. The zero-order valence-corrected chi connectivity index (χ0v) is 14.5. The first-order valence-electron chi connectivity index (χ1n) is 9.33. The number of hydrogen-bond acceptors (Lipinski definition) is 2. The molecule has 0 bridgehead atoms. The van der Waals surface area contributed by atoms with Crippen molar-refractivity contribution in [1.29, 1.82) is 0 Å². The summed E-state index contributed by atoms with van der Waals surface area (Å²) < 4.78 is 41.0. The first-order valence-corrected chi connectivity index (χ1v) is 9.33. The predicted molar refractivity (Wildman–Crippen MR) is 92.0 cm³/mol. The van der Waals surface area contributed by atoms with E-state index in [4.69, 9.17) is 0 Å². The third-order valence-electron chi connectivity index (χ3n) is 5.69. The van der Waals surface area contributed by atoms with Gasteiger partial charge in [0.1, 0.15) is 5.65 Å². The monoisotopic (exact) mass is 365 g/mol. The Labute approximate surface area is 149 Å². The number of anilines is 1. The molecular weight excluding hydrogens is 343 g/mol. The van der Waals surface area contributed by atoms with Crippen molar-refractivity contribution in [2.24, 2.45) is 5.92 Å². The number of carbonyl (C=O) groups excluding carboxylic acids is 1. The first-order chi connectivity index (χ1) is 12.4. The predicted octanol–water partition coefficient (Wildman–Crippen LogP) is 5.14. The normalized spacial score (nSPS) is 19.5. The molecule has 4 rings (SSSR count). The SMILES string of the molecule is O=C(Nc1nc2ccc(C(F)(F)F)cn2c1C1CCCC1)C1CCCC1. The Morgan fingerprint density at radius 1 is 1.08 bits per heavy atom. The molecule has 2 saturated carbocycles. The van der Waals surface area contributed by atoms with Crippen LogP contribution in [0.5, 0.6) is 0 Å². The number of hydrogen-bond donors (Lipinski definition) is 1. The maximum atomic E-state index is 13.1. The lowest BCUT2D eigenvalue weighted by atomic mass is 10.0. The Kier molecular flexibility index (Phi) is 4.40. The van der Waals surface area contributed by atoms with E-state index in [1.165, 1.54) is 10.5 Å². The standard InChI is InChI=1S/C19H22F3N3O/c20-19(21,22)14-9-10-15-23-17(24-18(26)13-7-3-4-8-13)16(25(15)11-14)12-5-1-2-6-12/h9-13H,1-8H2,(H,24,26). The van der Waals surface area contributed by atoms with Gasteiger partial charge in [-0.25, -0.2) is 4.98 Å². The molecule has 4 nitrogen and oxygen atoms in total. The van der Waals surface area contributed by atoms with Gasteiger partial charge in [0.15, 0.2) is 5.82 Å². The van der Waals surface area contributed by atoms with Gasteiger partial charge in [0.25, 0.3) is 0 Å². The van der Waals surface area contributed by atoms with Gasteiger partial charge in [-0.2, -0.15) is 13.2 Å². The Morgan fingerprint density at radius 3 is 2.38 bits per heavy atom. The molecule has 2 heterocycles. The lowest BCUT2D eigenvalue weighted by molar-refractivity contribution is -0.137. The van der Waals surface area contributed by atoms with E-state index < -0.39 is 11.7 Å². The number of nitrogens with zero attached hydrogens (tertiary/aromatic N) is 2. The average molecular weight is 365 g/mol. The Hall–Kier alpha value is -2.05. The summed E-state index contributed by atoms with van der Waals surface area (Å²) in [7, 11) is 0. The van der Waals surface area contributed by atoms with Gasteiger partial charge in [-0.1, -0.05) is 25.7 Å². The second-order valence-corrected chi connectivity index (χ2v) is 7.44. The van der Waals surface area contributed by atoms with Gasteiger partial charge in [0, 0.05) is 18.0 Å². The van der Waals surface area contributed by atoms with Crippen molar-refractivity contribution >= 4 is 17.4 Å². The molecule has 0 spiro atoms. The Morgan fingerprint density at radius 2 is 1.73 bits per heavy atom. The fourth-order valence-corrected chi connectivity index (χ4v) is 4.32. The van der Waals surface area contributed by atoms with E-state index in [1.807, 2.05) is 0 Å². The minimum absolute atomic E-state index is 0.0121. The second-order valence-electron chi connectivity index (χ2n) is 7.44. The molecule has 0 saturated heterocycles. The second kappa shape index (κ2) is 6.59. The fraction of sp³-hybridized carbons (Fsp3) is 0.579. The van der Waals surface area contributed by atoms with Crippen molar-refractivity contribution in [1.82, 2.24) is 9.38 Å². The number of nitrogens with one attached hydrogen (secondary N) is 1. The highest BCUT2D eigenvalue weighted by Crippen LogP contribution is 2.39. The van der Waals surface area contributed by atoms with Gasteiger partial charge in [-0.3, -0.25) is 4.79 Å². The molecule has 0 aromatic carbocycles. The van der Waals surface area contributed by atoms with E-state index in [0.717, 1.165) is 69.3 Å². The highest BCUT2D eigenvalue weighted by atomic mass is 19.4. The van der Waals surface area contributed by atoms with E-state index in [9.17, 15) is 18.0 Å². The lowest BCUT2D eigenvalue weighted by Crippen LogP contribution is -2.21. The summed E-state index contributed by atoms with van der Waals surface area (Å²) in [6.07, 6.45) is 4.47. The summed E-state index contributed by atoms with van der Waals surface area (Å²) >= 11 is 0. The van der Waals surface area contributed by atoms with Crippen molar-refractivity contribution in [3.63, 3.8) is 0 Å². The van der Waals surface area contributed by atoms with Crippen molar-refractivity contribution in [3.05, 3.63) is 29.6 Å². The topological polar surface area (TPSA) is 46.4 Å². The van der Waals surface area contributed by atoms with Crippen molar-refractivity contribution in [2.75, 3.05) is 5.32 Å². The zero-order chi connectivity index (χ0) is 18.3. The molecule has 0 atom stereocenters. The third-order valence-corrected chi connectivity index (χ3v) is 5.69. The van der Waals surface area contributed by atoms with Gasteiger partial charge in [-0.15, -0.1) is 0 Å². The smallest absolute Gasteiger partial charge is 0.309 e. The Balaban J connectivity index is 1.75. The van der Waals surface area contributed by atoms with E-state index >= 15 is 0 Å². The van der Waals surface area contributed by atoms with Gasteiger partial charge < -0.3 is 9.72 Å². The summed E-state index contributed by atoms with van der Waals surface area (Å²) in [5.74, 6) is 0.503. The summed E-state index contributed by atoms with van der Waals surface area (Å²) in [6.45, 7) is 0. The quantitative estimate of drug-likeness (QED) is 0.819. The molecule has 2 aliphatic rings. The average Bonchev–Trinajstić information content (AvgIpc) is 3.33. The molecule has 26 heavy (non-hydrogen) atoms. The number of alkyl halides is 3. The van der Waals surface area contributed by atoms with Crippen LogP contribution in [0.1, 0.15) is 68.5 Å². The Bertz CT molecular complexity index is 815. The lowest BCUT2D eigenvalue weighted by Gasteiger charge is -2.15. The molecule has 2 aromatic heterocycles. The highest BCUT2D eigenvalue weighted by molar-refractivity contribution is 5.92. The van der Waals surface area contributed by atoms with Crippen LogP contribution in [0, 0.1) is 5.92 Å². The minimum Gasteiger partial charge on any atom is -0.309 e. The van der Waals surface area contributed by atoms with Crippen molar-refractivity contribution < 1.29 is 18.0 Å². The third kappa shape index (κ3) is 3.19. The van der Waals surface area contributed by atoms with Crippen LogP contribution in [0.4, 0.5) is 19.0 Å². The van der Waals surface area contributed by atoms with Gasteiger partial charge in [0.2, 0.25) is 5.91 Å². The molecule has 2 fully saturated rings. The number of pyridine rings is 1. The molecule has 7 heteroatoms. The number of aromatic nitrogens is 2. The van der Waals surface area contributed by atoms with Crippen LogP contribution in [0.3, 0.4) is 0 Å². The molecular formula is C19H22F3N3O. The number of carbonyl (C=O) groups is 1. The van der Waals surface area contributed by atoms with Crippen molar-refractivity contribution in [2.45, 2.75) is 63.5 Å². The van der Waals surface area contributed by atoms with Crippen molar-refractivity contribution in [3.8, 4) is 0 Å². The van der Waals surface area contributed by atoms with Gasteiger partial charge in [-0.05, 0) is 37.8 Å². The summed E-state index contributed by atoms with van der Waals surface area (Å²) in [5, 5.41) is 2.92. The number of imidazole rings is 1. The number of rotatable bonds is 3. The van der Waals surface area contributed by atoms with Crippen LogP contribution in [-0.4, -0.2) is 15.3 Å². The van der Waals surface area contributed by atoms with Crippen LogP contribution in [0.25, 0.3) is 5.65 Å². The molecule has 0 aliphatic heterocycles. The number of fused-ring (bicyclic) bond motifs is 1. The molecule has 1 amide bonds. The molecule has 1 N–H and O–H groups in total. The number of halogens is 3.